The molecule has 0 atom stereocenters. The number of ether oxygens (including phenoxy) is 1. The van der Waals surface area contributed by atoms with Gasteiger partial charge in [0.25, 0.3) is 0 Å². The second-order valence-electron chi connectivity index (χ2n) is 9.78. The van der Waals surface area contributed by atoms with E-state index in [-0.39, 0.29) is 5.82 Å². The van der Waals surface area contributed by atoms with Gasteiger partial charge in [-0.2, -0.15) is 18.3 Å². The molecule has 4 aromatic rings. The number of halogens is 3. The number of rotatable bonds is 7. The molecule has 0 saturated carbocycles. The highest BCUT2D eigenvalue weighted by Gasteiger charge is 2.34. The maximum atomic E-state index is 13.0. The molecule has 0 radical (unpaired) electrons. The van der Waals surface area contributed by atoms with E-state index in [9.17, 15) is 13.2 Å². The van der Waals surface area contributed by atoms with Crippen LogP contribution in [0.15, 0.2) is 40.4 Å². The zero-order valence-corrected chi connectivity index (χ0v) is 22.3. The summed E-state index contributed by atoms with van der Waals surface area (Å²) in [5, 5.41) is 10.9. The van der Waals surface area contributed by atoms with Crippen LogP contribution < -0.4 is 10.2 Å². The Morgan fingerprint density at radius 3 is 2.62 bits per heavy atom. The fraction of sp³-hybridized carbons (Fsp3) is 0.440. The van der Waals surface area contributed by atoms with Crippen molar-refractivity contribution in [3.8, 4) is 0 Å². The van der Waals surface area contributed by atoms with Gasteiger partial charge in [-0.3, -0.25) is 10.00 Å². The van der Waals surface area contributed by atoms with Gasteiger partial charge in [0.15, 0.2) is 5.16 Å². The molecule has 2 fully saturated rings. The van der Waals surface area contributed by atoms with Crippen LogP contribution in [-0.2, 0) is 18.2 Å². The quantitative estimate of drug-likeness (QED) is 0.327. The van der Waals surface area contributed by atoms with E-state index in [1.807, 2.05) is 31.2 Å². The highest BCUT2D eigenvalue weighted by Crippen LogP contribution is 2.33. The van der Waals surface area contributed by atoms with Gasteiger partial charge in [-0.25, -0.2) is 15.0 Å². The zero-order valence-electron chi connectivity index (χ0n) is 21.5. The Hall–Kier alpha value is -3.36. The molecule has 2 N–H and O–H groups in total. The molecular formula is C25H28F3N9OS. The van der Waals surface area contributed by atoms with Crippen LogP contribution in [0.2, 0.25) is 0 Å². The van der Waals surface area contributed by atoms with Gasteiger partial charge in [-0.1, -0.05) is 0 Å². The highest BCUT2D eigenvalue weighted by atomic mass is 32.2. The van der Waals surface area contributed by atoms with E-state index in [1.165, 1.54) is 16.3 Å². The molecule has 10 nitrogen and oxygen atoms in total. The van der Waals surface area contributed by atoms with Crippen LogP contribution in [0.25, 0.3) is 11.0 Å². The summed E-state index contributed by atoms with van der Waals surface area (Å²) < 4.78 is 45.9. The van der Waals surface area contributed by atoms with Gasteiger partial charge in [0, 0.05) is 56.3 Å². The standard InChI is InChI=1S/C25H28F3N9OS/c1-15-9-21(34-33-15)30-20-11-22(37-13-16(14-37)36-5-7-38-8-6-36)32-24(31-20)39-17-3-4-18-19(10-17)35(2)23(29-18)12-25(26,27)28/h3-4,9-11,16H,5-8,12-14H2,1-2H3,(H2,30,31,32,33,34). The third-order valence-corrected chi connectivity index (χ3v) is 7.78. The Bertz CT molecular complexity index is 1480. The molecule has 3 aromatic heterocycles. The summed E-state index contributed by atoms with van der Waals surface area (Å²) in [5.74, 6) is 2.13. The Morgan fingerprint density at radius 1 is 1.10 bits per heavy atom. The van der Waals surface area contributed by atoms with E-state index in [2.05, 4.69) is 30.3 Å². The number of alkyl halides is 3. The SMILES string of the molecule is Cc1cc(Nc2cc(N3CC(N4CCOCC4)C3)nc(Sc3ccc4nc(CC(F)(F)F)n(C)c4c3)n2)[nH]n1. The summed E-state index contributed by atoms with van der Waals surface area (Å²) in [7, 11) is 1.60. The number of hydrogen-bond donors (Lipinski definition) is 2. The van der Waals surface area contributed by atoms with Crippen LogP contribution in [0, 0.1) is 6.92 Å². The predicted octanol–water partition coefficient (Wildman–Crippen LogP) is 3.92. The average molecular weight is 560 g/mol. The van der Waals surface area contributed by atoms with Crippen molar-refractivity contribution in [2.24, 2.45) is 7.05 Å². The van der Waals surface area contributed by atoms with Crippen LogP contribution in [0.4, 0.5) is 30.6 Å². The van der Waals surface area contributed by atoms with Crippen LogP contribution in [0.5, 0.6) is 0 Å². The van der Waals surface area contributed by atoms with Crippen molar-refractivity contribution in [1.29, 1.82) is 0 Å². The van der Waals surface area contributed by atoms with E-state index >= 15 is 0 Å². The van der Waals surface area contributed by atoms with Crippen molar-refractivity contribution >= 4 is 40.2 Å². The number of imidazole rings is 1. The number of aryl methyl sites for hydroxylation is 2. The van der Waals surface area contributed by atoms with Crippen molar-refractivity contribution in [1.82, 2.24) is 34.6 Å². The van der Waals surface area contributed by atoms with Gasteiger partial charge in [0.2, 0.25) is 0 Å². The number of aromatic amines is 1. The average Bonchev–Trinajstić information content (AvgIpc) is 3.40. The molecule has 0 aliphatic carbocycles. The number of nitrogens with one attached hydrogen (secondary N) is 2. The molecule has 2 saturated heterocycles. The second-order valence-corrected chi connectivity index (χ2v) is 10.8. The summed E-state index contributed by atoms with van der Waals surface area (Å²) in [6.07, 6.45) is -5.40. The molecule has 5 heterocycles. The molecule has 14 heteroatoms. The first-order valence-electron chi connectivity index (χ1n) is 12.6. The maximum Gasteiger partial charge on any atom is 0.396 e. The first kappa shape index (κ1) is 25.9. The van der Waals surface area contributed by atoms with Crippen molar-refractivity contribution in [2.45, 2.75) is 35.6 Å². The van der Waals surface area contributed by atoms with Gasteiger partial charge < -0.3 is 19.5 Å². The van der Waals surface area contributed by atoms with E-state index < -0.39 is 12.6 Å². The highest BCUT2D eigenvalue weighted by molar-refractivity contribution is 7.99. The molecular weight excluding hydrogens is 531 g/mol. The lowest BCUT2D eigenvalue weighted by Gasteiger charge is -2.47. The molecule has 0 unspecified atom stereocenters. The fourth-order valence-electron chi connectivity index (χ4n) is 4.85. The smallest absolute Gasteiger partial charge is 0.379 e. The van der Waals surface area contributed by atoms with Crippen LogP contribution in [0.1, 0.15) is 11.5 Å². The summed E-state index contributed by atoms with van der Waals surface area (Å²) >= 11 is 1.35. The minimum absolute atomic E-state index is 0.0214. The van der Waals surface area contributed by atoms with Crippen molar-refractivity contribution < 1.29 is 17.9 Å². The lowest BCUT2D eigenvalue weighted by atomic mass is 10.1. The topological polar surface area (TPSA) is 100 Å². The molecule has 2 aliphatic rings. The Kier molecular flexibility index (Phi) is 6.85. The Balaban J connectivity index is 1.25. The van der Waals surface area contributed by atoms with Gasteiger partial charge in [0.1, 0.15) is 29.7 Å². The summed E-state index contributed by atoms with van der Waals surface area (Å²) in [6, 6.07) is 9.66. The Labute approximate surface area is 227 Å². The molecule has 1 aromatic carbocycles. The number of anilines is 3. The van der Waals surface area contributed by atoms with E-state index in [1.54, 1.807) is 13.1 Å². The number of fused-ring (bicyclic) bond motifs is 1. The lowest BCUT2D eigenvalue weighted by molar-refractivity contribution is -0.128. The fourth-order valence-corrected chi connectivity index (χ4v) is 5.65. The number of aromatic nitrogens is 6. The maximum absolute atomic E-state index is 13.0. The number of H-pyrrole nitrogens is 1. The normalized spacial score (nSPS) is 17.1. The van der Waals surface area contributed by atoms with Crippen molar-refractivity contribution in [3.05, 3.63) is 41.9 Å². The first-order valence-corrected chi connectivity index (χ1v) is 13.5. The molecule has 2 aliphatic heterocycles. The number of nitrogens with zero attached hydrogens (tertiary/aromatic N) is 7. The van der Waals surface area contributed by atoms with Crippen LogP contribution in [0.3, 0.4) is 0 Å². The first-order chi connectivity index (χ1) is 18.7. The monoisotopic (exact) mass is 559 g/mol. The van der Waals surface area contributed by atoms with Crippen molar-refractivity contribution in [2.75, 3.05) is 49.6 Å². The van der Waals surface area contributed by atoms with Crippen molar-refractivity contribution in [3.63, 3.8) is 0 Å². The minimum Gasteiger partial charge on any atom is -0.379 e. The van der Waals surface area contributed by atoms with E-state index in [0.29, 0.717) is 28.0 Å². The second kappa shape index (κ2) is 10.3. The van der Waals surface area contributed by atoms with Gasteiger partial charge in [-0.05, 0) is 36.9 Å². The summed E-state index contributed by atoms with van der Waals surface area (Å²) in [5.41, 5.74) is 1.99. The van der Waals surface area contributed by atoms with Gasteiger partial charge >= 0.3 is 6.18 Å². The number of benzene rings is 1. The molecule has 39 heavy (non-hydrogen) atoms. The third kappa shape index (κ3) is 5.82. The number of morpholine rings is 1. The number of hydrogen-bond acceptors (Lipinski definition) is 9. The molecule has 0 amide bonds. The third-order valence-electron chi connectivity index (χ3n) is 6.92. The summed E-state index contributed by atoms with van der Waals surface area (Å²) in [6.45, 7) is 7.05. The van der Waals surface area contributed by atoms with E-state index in [0.717, 1.165) is 61.6 Å². The molecule has 0 bridgehead atoms. The summed E-state index contributed by atoms with van der Waals surface area (Å²) in [4.78, 5) is 19.2. The van der Waals surface area contributed by atoms with Crippen LogP contribution in [-0.4, -0.2) is 86.2 Å². The minimum atomic E-state index is -4.32. The van der Waals surface area contributed by atoms with Gasteiger partial charge in [-0.15, -0.1) is 0 Å². The Morgan fingerprint density at radius 2 is 1.90 bits per heavy atom. The largest absolute Gasteiger partial charge is 0.396 e. The van der Waals surface area contributed by atoms with Gasteiger partial charge in [0.05, 0.1) is 29.9 Å². The zero-order chi connectivity index (χ0) is 27.1. The molecule has 0 spiro atoms. The molecule has 206 valence electrons. The predicted molar refractivity (Wildman–Crippen MR) is 142 cm³/mol. The lowest BCUT2D eigenvalue weighted by Crippen LogP contribution is -2.61. The van der Waals surface area contributed by atoms with E-state index in [4.69, 9.17) is 14.7 Å². The molecule has 6 rings (SSSR count). The van der Waals surface area contributed by atoms with Crippen LogP contribution >= 0.6 is 11.8 Å².